The van der Waals surface area contributed by atoms with Gasteiger partial charge in [-0.05, 0) is 18.9 Å². The molecule has 1 heterocycles. The third-order valence-corrected chi connectivity index (χ3v) is 3.71. The van der Waals surface area contributed by atoms with E-state index in [1.807, 2.05) is 11.8 Å². The van der Waals surface area contributed by atoms with Crippen LogP contribution in [0.5, 0.6) is 0 Å². The molecule has 0 aromatic rings. The van der Waals surface area contributed by atoms with Crippen molar-refractivity contribution in [3.63, 3.8) is 0 Å². The Hall–Kier alpha value is -0.130. The third kappa shape index (κ3) is 3.94. The number of rotatable bonds is 3. The molecule has 1 rings (SSSR count). The number of piperidine rings is 1. The maximum Gasteiger partial charge on any atom is 0.148 e. The van der Waals surface area contributed by atoms with Gasteiger partial charge in [-0.1, -0.05) is 6.92 Å². The van der Waals surface area contributed by atoms with Crippen molar-refractivity contribution in [1.29, 1.82) is 0 Å². The summed E-state index contributed by atoms with van der Waals surface area (Å²) in [7, 11) is -2.88. The number of hydrogen-bond acceptors (Lipinski definition) is 4. The maximum absolute atomic E-state index is 10.9. The summed E-state index contributed by atoms with van der Waals surface area (Å²) in [5.74, 6) is 0.526. The number of aliphatic hydroxyl groups is 1. The first-order chi connectivity index (χ1) is 6.38. The fraction of sp³-hybridized carbons (Fsp3) is 1.00. The van der Waals surface area contributed by atoms with Crippen LogP contribution >= 0.6 is 0 Å². The molecule has 1 aliphatic rings. The van der Waals surface area contributed by atoms with Crippen LogP contribution in [0.1, 0.15) is 13.3 Å². The lowest BCUT2D eigenvalue weighted by Crippen LogP contribution is -2.44. The molecule has 0 aliphatic carbocycles. The van der Waals surface area contributed by atoms with Crippen molar-refractivity contribution in [2.24, 2.45) is 5.92 Å². The van der Waals surface area contributed by atoms with E-state index >= 15 is 0 Å². The third-order valence-electron chi connectivity index (χ3n) is 2.78. The molecule has 1 aliphatic heterocycles. The molecule has 0 saturated carbocycles. The zero-order valence-corrected chi connectivity index (χ0v) is 9.63. The van der Waals surface area contributed by atoms with Crippen LogP contribution in [0.4, 0.5) is 0 Å². The Bertz CT molecular complexity index is 276. The molecule has 0 aromatic carbocycles. The van der Waals surface area contributed by atoms with E-state index in [-0.39, 0.29) is 11.9 Å². The predicted octanol–water partition coefficient (Wildman–Crippen LogP) is -0.266. The number of nitrogens with zero attached hydrogens (tertiary/aromatic N) is 1. The minimum atomic E-state index is -2.88. The predicted molar refractivity (Wildman–Crippen MR) is 55.9 cm³/mol. The number of aliphatic hydroxyl groups excluding tert-OH is 1. The quantitative estimate of drug-likeness (QED) is 0.713. The van der Waals surface area contributed by atoms with Gasteiger partial charge < -0.3 is 5.11 Å². The molecular formula is C9H19NO3S. The average molecular weight is 221 g/mol. The Kier molecular flexibility index (Phi) is 3.92. The largest absolute Gasteiger partial charge is 0.392 e. The molecular weight excluding hydrogens is 202 g/mol. The first-order valence-electron chi connectivity index (χ1n) is 4.96. The highest BCUT2D eigenvalue weighted by molar-refractivity contribution is 7.90. The summed E-state index contributed by atoms with van der Waals surface area (Å²) < 4.78 is 21.9. The van der Waals surface area contributed by atoms with Crippen molar-refractivity contribution in [3.8, 4) is 0 Å². The van der Waals surface area contributed by atoms with Gasteiger partial charge in [-0.2, -0.15) is 0 Å². The number of β-amino-alcohol motifs (C(OH)–C–C–N with tert-alkyl or cyclic N) is 1. The lowest BCUT2D eigenvalue weighted by molar-refractivity contribution is 0.0319. The highest BCUT2D eigenvalue weighted by atomic mass is 32.2. The SMILES string of the molecule is CC1CCN(CCS(C)(=O)=O)CC1O. The summed E-state index contributed by atoms with van der Waals surface area (Å²) in [6.07, 6.45) is 1.89. The van der Waals surface area contributed by atoms with Crippen LogP contribution in [0.15, 0.2) is 0 Å². The first-order valence-corrected chi connectivity index (χ1v) is 7.02. The van der Waals surface area contributed by atoms with Crippen molar-refractivity contribution >= 4 is 9.84 Å². The van der Waals surface area contributed by atoms with E-state index in [2.05, 4.69) is 0 Å². The van der Waals surface area contributed by atoms with Gasteiger partial charge in [0.25, 0.3) is 0 Å². The molecule has 4 nitrogen and oxygen atoms in total. The molecule has 0 amide bonds. The van der Waals surface area contributed by atoms with Crippen molar-refractivity contribution in [2.75, 3.05) is 31.6 Å². The molecule has 2 atom stereocenters. The van der Waals surface area contributed by atoms with E-state index in [1.165, 1.54) is 6.26 Å². The topological polar surface area (TPSA) is 57.6 Å². The number of likely N-dealkylation sites (tertiary alicyclic amines) is 1. The van der Waals surface area contributed by atoms with Gasteiger partial charge in [0.15, 0.2) is 0 Å². The fourth-order valence-corrected chi connectivity index (χ4v) is 2.20. The molecule has 0 radical (unpaired) electrons. The van der Waals surface area contributed by atoms with Crippen LogP contribution in [-0.4, -0.2) is 56.2 Å². The summed E-state index contributed by atoms with van der Waals surface area (Å²) in [6.45, 7) is 4.08. The van der Waals surface area contributed by atoms with Gasteiger partial charge in [-0.15, -0.1) is 0 Å². The van der Waals surface area contributed by atoms with Gasteiger partial charge in [0, 0.05) is 19.3 Å². The van der Waals surface area contributed by atoms with E-state index in [0.29, 0.717) is 19.0 Å². The minimum Gasteiger partial charge on any atom is -0.392 e. The molecule has 0 spiro atoms. The molecule has 2 unspecified atom stereocenters. The lowest BCUT2D eigenvalue weighted by Gasteiger charge is -2.33. The fourth-order valence-electron chi connectivity index (χ4n) is 1.61. The normalized spacial score (nSPS) is 30.5. The van der Waals surface area contributed by atoms with E-state index < -0.39 is 9.84 Å². The molecule has 1 saturated heterocycles. The van der Waals surface area contributed by atoms with E-state index in [4.69, 9.17) is 0 Å². The number of hydrogen-bond donors (Lipinski definition) is 1. The van der Waals surface area contributed by atoms with Crippen molar-refractivity contribution in [2.45, 2.75) is 19.4 Å². The molecule has 5 heteroatoms. The maximum atomic E-state index is 10.9. The monoisotopic (exact) mass is 221 g/mol. The first kappa shape index (κ1) is 11.9. The van der Waals surface area contributed by atoms with Crippen LogP contribution in [-0.2, 0) is 9.84 Å². The van der Waals surface area contributed by atoms with Gasteiger partial charge in [0.1, 0.15) is 9.84 Å². The molecule has 14 heavy (non-hydrogen) atoms. The van der Waals surface area contributed by atoms with Crippen LogP contribution in [0.25, 0.3) is 0 Å². The van der Waals surface area contributed by atoms with Crippen LogP contribution < -0.4 is 0 Å². The summed E-state index contributed by atoms with van der Waals surface area (Å²) >= 11 is 0. The molecule has 0 bridgehead atoms. The van der Waals surface area contributed by atoms with Crippen LogP contribution in [0.2, 0.25) is 0 Å². The Balaban J connectivity index is 2.34. The zero-order chi connectivity index (χ0) is 10.8. The molecule has 1 fully saturated rings. The zero-order valence-electron chi connectivity index (χ0n) is 8.81. The van der Waals surface area contributed by atoms with Crippen molar-refractivity contribution < 1.29 is 13.5 Å². The van der Waals surface area contributed by atoms with E-state index in [1.54, 1.807) is 0 Å². The van der Waals surface area contributed by atoms with E-state index in [9.17, 15) is 13.5 Å². The molecule has 0 aromatic heterocycles. The second-order valence-electron chi connectivity index (χ2n) is 4.26. The standard InChI is InChI=1S/C9H19NO3S/c1-8-3-4-10(7-9(8)11)5-6-14(2,12)13/h8-9,11H,3-7H2,1-2H3. The second-order valence-corrected chi connectivity index (χ2v) is 6.52. The summed E-state index contributed by atoms with van der Waals surface area (Å²) in [5.41, 5.74) is 0. The highest BCUT2D eigenvalue weighted by Crippen LogP contribution is 2.16. The van der Waals surface area contributed by atoms with E-state index in [0.717, 1.165) is 13.0 Å². The van der Waals surface area contributed by atoms with Gasteiger partial charge in [0.05, 0.1) is 11.9 Å². The number of sulfone groups is 1. The highest BCUT2D eigenvalue weighted by Gasteiger charge is 2.24. The Labute approximate surface area is 85.8 Å². The summed E-state index contributed by atoms with van der Waals surface area (Å²) in [5, 5.41) is 9.59. The second kappa shape index (κ2) is 4.59. The van der Waals surface area contributed by atoms with Gasteiger partial charge >= 0.3 is 0 Å². The van der Waals surface area contributed by atoms with Gasteiger partial charge in [-0.25, -0.2) is 8.42 Å². The van der Waals surface area contributed by atoms with Crippen LogP contribution in [0, 0.1) is 5.92 Å². The average Bonchev–Trinajstić information content (AvgIpc) is 2.06. The van der Waals surface area contributed by atoms with Crippen molar-refractivity contribution in [3.05, 3.63) is 0 Å². The molecule has 84 valence electrons. The Morgan fingerprint density at radius 2 is 2.14 bits per heavy atom. The Morgan fingerprint density at radius 1 is 1.50 bits per heavy atom. The smallest absolute Gasteiger partial charge is 0.148 e. The van der Waals surface area contributed by atoms with Crippen molar-refractivity contribution in [1.82, 2.24) is 4.90 Å². The lowest BCUT2D eigenvalue weighted by atomic mass is 9.96. The van der Waals surface area contributed by atoms with Gasteiger partial charge in [-0.3, -0.25) is 4.90 Å². The van der Waals surface area contributed by atoms with Gasteiger partial charge in [0.2, 0.25) is 0 Å². The Morgan fingerprint density at radius 3 is 2.64 bits per heavy atom. The summed E-state index contributed by atoms with van der Waals surface area (Å²) in [4.78, 5) is 2.02. The molecule has 1 N–H and O–H groups in total. The summed E-state index contributed by atoms with van der Waals surface area (Å²) in [6, 6.07) is 0. The van der Waals surface area contributed by atoms with Crippen LogP contribution in [0.3, 0.4) is 0 Å². The minimum absolute atomic E-state index is 0.189.